The molecule has 0 unspecified atom stereocenters. The smallest absolute Gasteiger partial charge is 0.331 e. The topological polar surface area (TPSA) is 67.2 Å². The van der Waals surface area contributed by atoms with Gasteiger partial charge in [-0.2, -0.15) is 5.26 Å². The van der Waals surface area contributed by atoms with Gasteiger partial charge in [0.15, 0.2) is 11.2 Å². The van der Waals surface area contributed by atoms with Crippen molar-refractivity contribution in [1.29, 1.82) is 5.26 Å². The number of nitrogens with zero attached hydrogens (tertiary/aromatic N) is 1. The van der Waals surface area contributed by atoms with Crippen LogP contribution in [0.2, 0.25) is 0 Å². The predicted molar refractivity (Wildman–Crippen MR) is 104 cm³/mol. The van der Waals surface area contributed by atoms with Crippen LogP contribution in [0, 0.1) is 16.7 Å². The maximum absolute atomic E-state index is 12.9. The molecule has 2 aromatic rings. The van der Waals surface area contributed by atoms with Crippen LogP contribution in [0.5, 0.6) is 0 Å². The van der Waals surface area contributed by atoms with Crippen LogP contribution in [-0.2, 0) is 16.0 Å². The number of carbonyl (C=O) groups excluding carboxylic acids is 2. The summed E-state index contributed by atoms with van der Waals surface area (Å²) in [6.45, 7) is 5.23. The summed E-state index contributed by atoms with van der Waals surface area (Å²) in [7, 11) is 0. The predicted octanol–water partition coefficient (Wildman–Crippen LogP) is 4.52. The number of nitriles is 1. The quantitative estimate of drug-likeness (QED) is 0.431. The fourth-order valence-electron chi connectivity index (χ4n) is 2.53. The zero-order valence-corrected chi connectivity index (χ0v) is 15.8. The van der Waals surface area contributed by atoms with Crippen molar-refractivity contribution in [2.45, 2.75) is 32.8 Å². The molecular weight excluding hydrogens is 338 g/mol. The number of ketones is 1. The van der Waals surface area contributed by atoms with Gasteiger partial charge in [-0.15, -0.1) is 0 Å². The maximum atomic E-state index is 12.9. The molecular formula is C23H23NO3. The van der Waals surface area contributed by atoms with E-state index in [1.54, 1.807) is 45.0 Å². The average Bonchev–Trinajstić information content (AvgIpc) is 2.65. The minimum Gasteiger partial charge on any atom is -0.459 e. The second kappa shape index (κ2) is 8.46. The Bertz CT molecular complexity index is 858. The highest BCUT2D eigenvalue weighted by atomic mass is 16.6. The summed E-state index contributed by atoms with van der Waals surface area (Å²) in [6.07, 6.45) is 2.77. The van der Waals surface area contributed by atoms with Gasteiger partial charge in [-0.1, -0.05) is 60.7 Å². The molecule has 4 nitrogen and oxygen atoms in total. The molecule has 0 heterocycles. The van der Waals surface area contributed by atoms with Gasteiger partial charge in [0, 0.05) is 12.0 Å². The molecule has 4 heteroatoms. The van der Waals surface area contributed by atoms with Gasteiger partial charge in [-0.05, 0) is 38.5 Å². The molecule has 0 amide bonds. The number of rotatable bonds is 6. The lowest BCUT2D eigenvalue weighted by Gasteiger charge is -2.27. The molecule has 0 aliphatic carbocycles. The number of esters is 1. The number of ether oxygens (including phenoxy) is 1. The van der Waals surface area contributed by atoms with E-state index in [1.807, 2.05) is 36.4 Å². The highest BCUT2D eigenvalue weighted by Gasteiger charge is 2.40. The molecule has 2 rings (SSSR count). The van der Waals surface area contributed by atoms with Crippen LogP contribution in [0.1, 0.15) is 36.7 Å². The fourth-order valence-corrected chi connectivity index (χ4v) is 2.53. The zero-order chi connectivity index (χ0) is 19.9. The number of hydrogen-bond donors (Lipinski definition) is 0. The Balaban J connectivity index is 2.38. The summed E-state index contributed by atoms with van der Waals surface area (Å²) < 4.78 is 5.48. The number of carbonyl (C=O) groups is 2. The Morgan fingerprint density at radius 1 is 1.00 bits per heavy atom. The highest BCUT2D eigenvalue weighted by molar-refractivity contribution is 6.05. The minimum absolute atomic E-state index is 0.123. The Morgan fingerprint density at radius 2 is 1.56 bits per heavy atom. The first-order valence-corrected chi connectivity index (χ1v) is 8.73. The fraction of sp³-hybridized carbons (Fsp3) is 0.261. The summed E-state index contributed by atoms with van der Waals surface area (Å²) >= 11 is 0. The van der Waals surface area contributed by atoms with Crippen LogP contribution in [0.3, 0.4) is 0 Å². The van der Waals surface area contributed by atoms with Gasteiger partial charge in [-0.3, -0.25) is 4.79 Å². The van der Waals surface area contributed by atoms with Crippen LogP contribution in [-0.4, -0.2) is 17.4 Å². The molecule has 0 aromatic heterocycles. The molecule has 0 bridgehead atoms. The van der Waals surface area contributed by atoms with E-state index in [2.05, 4.69) is 6.07 Å². The van der Waals surface area contributed by atoms with E-state index in [4.69, 9.17) is 4.74 Å². The van der Waals surface area contributed by atoms with Crippen LogP contribution >= 0.6 is 0 Å². The molecule has 27 heavy (non-hydrogen) atoms. The third-order valence-electron chi connectivity index (χ3n) is 3.87. The van der Waals surface area contributed by atoms with Gasteiger partial charge in [-0.25, -0.2) is 4.79 Å². The first-order valence-electron chi connectivity index (χ1n) is 8.73. The normalized spacial score (nSPS) is 13.6. The summed E-state index contributed by atoms with van der Waals surface area (Å²) in [5, 5.41) is 9.88. The van der Waals surface area contributed by atoms with Crippen molar-refractivity contribution >= 4 is 11.8 Å². The van der Waals surface area contributed by atoms with Crippen molar-refractivity contribution in [3.05, 3.63) is 83.9 Å². The van der Waals surface area contributed by atoms with E-state index in [9.17, 15) is 14.9 Å². The van der Waals surface area contributed by atoms with Crippen molar-refractivity contribution in [1.82, 2.24) is 0 Å². The van der Waals surface area contributed by atoms with Crippen LogP contribution < -0.4 is 0 Å². The van der Waals surface area contributed by atoms with Crippen molar-refractivity contribution in [2.75, 3.05) is 0 Å². The van der Waals surface area contributed by atoms with Gasteiger partial charge in [0.05, 0.1) is 6.07 Å². The van der Waals surface area contributed by atoms with E-state index in [1.165, 1.54) is 12.2 Å². The molecule has 0 saturated heterocycles. The monoisotopic (exact) mass is 361 g/mol. The zero-order valence-electron chi connectivity index (χ0n) is 15.8. The maximum Gasteiger partial charge on any atom is 0.331 e. The third-order valence-corrected chi connectivity index (χ3v) is 3.87. The standard InChI is InChI=1S/C23H23NO3/c1-22(2,3)27-21(26)23(17-24,16-18-10-6-4-7-11-18)15-14-20(25)19-12-8-5-9-13-19/h4-15H,16H2,1-3H3/b15-14-/t23-/m1/s1. The molecule has 1 atom stereocenters. The van der Waals surface area contributed by atoms with Crippen LogP contribution in [0.15, 0.2) is 72.8 Å². The van der Waals surface area contributed by atoms with Gasteiger partial charge in [0.2, 0.25) is 0 Å². The van der Waals surface area contributed by atoms with E-state index in [0.717, 1.165) is 5.56 Å². The van der Waals surface area contributed by atoms with Crippen LogP contribution in [0.4, 0.5) is 0 Å². The van der Waals surface area contributed by atoms with E-state index < -0.39 is 17.0 Å². The van der Waals surface area contributed by atoms with Crippen LogP contribution in [0.25, 0.3) is 0 Å². The lowest BCUT2D eigenvalue weighted by molar-refractivity contribution is -0.161. The van der Waals surface area contributed by atoms with E-state index in [0.29, 0.717) is 5.56 Å². The highest BCUT2D eigenvalue weighted by Crippen LogP contribution is 2.29. The molecule has 0 fully saturated rings. The Labute approximate surface area is 160 Å². The van der Waals surface area contributed by atoms with Gasteiger partial charge >= 0.3 is 5.97 Å². The minimum atomic E-state index is -1.58. The molecule has 2 aromatic carbocycles. The molecule has 0 radical (unpaired) electrons. The second-order valence-electron chi connectivity index (χ2n) is 7.31. The number of benzene rings is 2. The Morgan fingerprint density at radius 3 is 2.07 bits per heavy atom. The summed E-state index contributed by atoms with van der Waals surface area (Å²) in [5.41, 5.74) is -1.03. The molecule has 138 valence electrons. The van der Waals surface area contributed by atoms with Gasteiger partial charge in [0.25, 0.3) is 0 Å². The largest absolute Gasteiger partial charge is 0.459 e. The summed E-state index contributed by atoms with van der Waals surface area (Å²) in [5.74, 6) is -0.940. The lowest BCUT2D eigenvalue weighted by atomic mass is 9.82. The number of allylic oxidation sites excluding steroid dienone is 1. The molecule has 0 saturated carbocycles. The van der Waals surface area contributed by atoms with Crippen molar-refractivity contribution in [2.24, 2.45) is 5.41 Å². The van der Waals surface area contributed by atoms with E-state index in [-0.39, 0.29) is 12.2 Å². The number of hydrogen-bond acceptors (Lipinski definition) is 4. The van der Waals surface area contributed by atoms with Gasteiger partial charge in [0.1, 0.15) is 5.60 Å². The average molecular weight is 361 g/mol. The lowest BCUT2D eigenvalue weighted by Crippen LogP contribution is -2.37. The molecule has 0 spiro atoms. The summed E-state index contributed by atoms with van der Waals surface area (Å²) in [4.78, 5) is 25.3. The second-order valence-corrected chi connectivity index (χ2v) is 7.31. The van der Waals surface area contributed by atoms with E-state index >= 15 is 0 Å². The Kier molecular flexibility index (Phi) is 6.31. The molecule has 0 N–H and O–H groups in total. The molecule has 0 aliphatic rings. The van der Waals surface area contributed by atoms with Crippen molar-refractivity contribution in [3.8, 4) is 6.07 Å². The van der Waals surface area contributed by atoms with Crippen molar-refractivity contribution < 1.29 is 14.3 Å². The third kappa shape index (κ3) is 5.65. The van der Waals surface area contributed by atoms with Gasteiger partial charge < -0.3 is 4.74 Å². The Hall–Kier alpha value is -3.19. The SMILES string of the molecule is CC(C)(C)OC(=O)[C@](C#N)(/C=C\C(=O)c1ccccc1)Cc1ccccc1. The molecule has 0 aliphatic heterocycles. The van der Waals surface area contributed by atoms with Crippen molar-refractivity contribution in [3.63, 3.8) is 0 Å². The first kappa shape index (κ1) is 20.1. The first-order chi connectivity index (χ1) is 12.8. The summed E-state index contributed by atoms with van der Waals surface area (Å²) in [6, 6.07) is 20.0.